The largest absolute Gasteiger partial charge is 0.488 e. The van der Waals surface area contributed by atoms with E-state index in [2.05, 4.69) is 21.7 Å². The Morgan fingerprint density at radius 3 is 2.88 bits per heavy atom. The number of hydrogen-bond donors (Lipinski definition) is 2. The summed E-state index contributed by atoms with van der Waals surface area (Å²) >= 11 is 0. The van der Waals surface area contributed by atoms with Crippen molar-refractivity contribution in [1.29, 1.82) is 5.26 Å². The molecule has 3 rings (SSSR count). The van der Waals surface area contributed by atoms with Crippen LogP contribution in [0.25, 0.3) is 0 Å². The first-order valence-electron chi connectivity index (χ1n) is 8.65. The molecule has 1 unspecified atom stereocenters. The summed E-state index contributed by atoms with van der Waals surface area (Å²) in [4.78, 5) is 4.43. The van der Waals surface area contributed by atoms with Crippen molar-refractivity contribution in [1.82, 2.24) is 10.6 Å². The molecule has 2 aromatic carbocycles. The maximum absolute atomic E-state index is 14.0. The first-order valence-corrected chi connectivity index (χ1v) is 8.65. The molecule has 0 aromatic heterocycles. The summed E-state index contributed by atoms with van der Waals surface area (Å²) in [5.41, 5.74) is 1.96. The minimum absolute atomic E-state index is 0.0444. The van der Waals surface area contributed by atoms with Crippen LogP contribution >= 0.6 is 0 Å². The molecule has 0 fully saturated rings. The smallest absolute Gasteiger partial charge is 0.191 e. The molecule has 0 bridgehead atoms. The van der Waals surface area contributed by atoms with Gasteiger partial charge in [0.05, 0.1) is 24.7 Å². The second-order valence-electron chi connectivity index (χ2n) is 6.05. The molecule has 0 radical (unpaired) electrons. The lowest BCUT2D eigenvalue weighted by molar-refractivity contribution is 0.235. The van der Waals surface area contributed by atoms with E-state index in [1.54, 1.807) is 12.1 Å². The Morgan fingerprint density at radius 1 is 1.31 bits per heavy atom. The van der Waals surface area contributed by atoms with Gasteiger partial charge in [-0.1, -0.05) is 24.3 Å². The highest BCUT2D eigenvalue weighted by Crippen LogP contribution is 2.27. The Morgan fingerprint density at radius 2 is 2.15 bits per heavy atom. The highest BCUT2D eigenvalue weighted by molar-refractivity contribution is 5.79. The summed E-state index contributed by atoms with van der Waals surface area (Å²) in [7, 11) is 0. The lowest BCUT2D eigenvalue weighted by atomic mass is 10.1. The summed E-state index contributed by atoms with van der Waals surface area (Å²) in [6.07, 6.45) is 0.898. The Kier molecular flexibility index (Phi) is 5.69. The van der Waals surface area contributed by atoms with E-state index in [-0.39, 0.29) is 12.6 Å². The zero-order valence-corrected chi connectivity index (χ0v) is 14.6. The average Bonchev–Trinajstić information content (AvgIpc) is 3.07. The fourth-order valence-corrected chi connectivity index (χ4v) is 2.83. The second kappa shape index (κ2) is 8.34. The average molecular weight is 352 g/mol. The van der Waals surface area contributed by atoms with Crippen LogP contribution in [0.1, 0.15) is 23.6 Å². The third-order valence-electron chi connectivity index (χ3n) is 4.14. The maximum Gasteiger partial charge on any atom is 0.191 e. The van der Waals surface area contributed by atoms with Crippen molar-refractivity contribution < 1.29 is 9.13 Å². The topological polar surface area (TPSA) is 69.4 Å². The number of fused-ring (bicyclic) bond motifs is 1. The van der Waals surface area contributed by atoms with E-state index in [4.69, 9.17) is 10.00 Å². The molecule has 1 atom stereocenters. The molecule has 0 saturated carbocycles. The van der Waals surface area contributed by atoms with Crippen LogP contribution in [0.2, 0.25) is 0 Å². The van der Waals surface area contributed by atoms with Crippen molar-refractivity contribution in [3.63, 3.8) is 0 Å². The van der Waals surface area contributed by atoms with Crippen LogP contribution in [-0.4, -0.2) is 25.2 Å². The normalized spacial score (nSPS) is 15.7. The van der Waals surface area contributed by atoms with E-state index < -0.39 is 5.82 Å². The van der Waals surface area contributed by atoms with Crippen LogP contribution in [0, 0.1) is 17.1 Å². The standard InChI is InChI=1S/C20H21FN4O/c1-2-23-20(24-12-16-8-7-14(11-22)9-18(16)21)25-13-17-10-15-5-3-4-6-19(15)26-17/h3-9,17H,2,10,12-13H2,1H3,(H2,23,24,25). The minimum Gasteiger partial charge on any atom is -0.488 e. The number of halogens is 1. The molecule has 0 spiro atoms. The van der Waals surface area contributed by atoms with Crippen molar-refractivity contribution in [2.75, 3.05) is 13.1 Å². The Bertz CT molecular complexity index is 819. The van der Waals surface area contributed by atoms with Gasteiger partial charge in [-0.2, -0.15) is 5.26 Å². The molecule has 134 valence electrons. The molecule has 6 heteroatoms. The molecular formula is C20H21FN4O. The zero-order chi connectivity index (χ0) is 18.4. The van der Waals surface area contributed by atoms with Crippen LogP contribution in [-0.2, 0) is 13.0 Å². The number of aliphatic imine (C=N–C) groups is 1. The number of ether oxygens (including phenoxy) is 1. The summed E-state index contributed by atoms with van der Waals surface area (Å²) in [5, 5.41) is 15.2. The van der Waals surface area contributed by atoms with Crippen molar-refractivity contribution in [3.8, 4) is 11.8 Å². The first-order chi connectivity index (χ1) is 12.7. The third-order valence-corrected chi connectivity index (χ3v) is 4.14. The highest BCUT2D eigenvalue weighted by Gasteiger charge is 2.22. The van der Waals surface area contributed by atoms with Gasteiger partial charge >= 0.3 is 0 Å². The van der Waals surface area contributed by atoms with E-state index in [1.807, 2.05) is 31.2 Å². The van der Waals surface area contributed by atoms with Gasteiger partial charge in [0.1, 0.15) is 17.7 Å². The van der Waals surface area contributed by atoms with Gasteiger partial charge in [0.25, 0.3) is 0 Å². The lowest BCUT2D eigenvalue weighted by Gasteiger charge is -2.15. The molecular weight excluding hydrogens is 331 g/mol. The number of nitriles is 1. The monoisotopic (exact) mass is 352 g/mol. The molecule has 1 heterocycles. The van der Waals surface area contributed by atoms with E-state index in [9.17, 15) is 4.39 Å². The summed E-state index contributed by atoms with van der Waals surface area (Å²) in [6, 6.07) is 14.4. The van der Waals surface area contributed by atoms with Gasteiger partial charge < -0.3 is 15.4 Å². The van der Waals surface area contributed by atoms with E-state index in [1.165, 1.54) is 11.6 Å². The SMILES string of the molecule is CCNC(=NCc1ccc(C#N)cc1F)NCC1Cc2ccccc2O1. The number of rotatable bonds is 5. The van der Waals surface area contributed by atoms with E-state index in [0.29, 0.717) is 30.2 Å². The number of nitrogens with one attached hydrogen (secondary N) is 2. The molecule has 1 aliphatic heterocycles. The van der Waals surface area contributed by atoms with Crippen LogP contribution in [0.5, 0.6) is 5.75 Å². The molecule has 0 amide bonds. The van der Waals surface area contributed by atoms with Crippen molar-refractivity contribution in [2.45, 2.75) is 26.0 Å². The van der Waals surface area contributed by atoms with Gasteiger partial charge in [-0.3, -0.25) is 0 Å². The second-order valence-corrected chi connectivity index (χ2v) is 6.05. The first kappa shape index (κ1) is 17.7. The van der Waals surface area contributed by atoms with Gasteiger partial charge in [0, 0.05) is 18.5 Å². The number of para-hydroxylation sites is 1. The maximum atomic E-state index is 14.0. The third kappa shape index (κ3) is 4.31. The summed E-state index contributed by atoms with van der Waals surface area (Å²) in [6.45, 7) is 3.48. The number of benzene rings is 2. The Labute approximate surface area is 152 Å². The van der Waals surface area contributed by atoms with Crippen molar-refractivity contribution in [3.05, 3.63) is 65.0 Å². The van der Waals surface area contributed by atoms with Gasteiger partial charge in [-0.15, -0.1) is 0 Å². The molecule has 2 aromatic rings. The number of nitrogens with zero attached hydrogens (tertiary/aromatic N) is 2. The van der Waals surface area contributed by atoms with Crippen LogP contribution in [0.15, 0.2) is 47.5 Å². The Balaban J connectivity index is 1.59. The molecule has 0 aliphatic carbocycles. The zero-order valence-electron chi connectivity index (χ0n) is 14.6. The van der Waals surface area contributed by atoms with Crippen molar-refractivity contribution in [2.24, 2.45) is 4.99 Å². The predicted molar refractivity (Wildman–Crippen MR) is 98.5 cm³/mol. The van der Waals surface area contributed by atoms with E-state index in [0.717, 1.165) is 12.2 Å². The summed E-state index contributed by atoms with van der Waals surface area (Å²) < 4.78 is 19.9. The van der Waals surface area contributed by atoms with Crippen molar-refractivity contribution >= 4 is 5.96 Å². The van der Waals surface area contributed by atoms with Gasteiger partial charge in [0.2, 0.25) is 0 Å². The van der Waals surface area contributed by atoms with Crippen LogP contribution < -0.4 is 15.4 Å². The summed E-state index contributed by atoms with van der Waals surface area (Å²) in [5.74, 6) is 1.12. The Hall–Kier alpha value is -3.07. The predicted octanol–water partition coefficient (Wildman–Crippen LogP) is 2.76. The fraction of sp³-hybridized carbons (Fsp3) is 0.300. The molecule has 5 nitrogen and oxygen atoms in total. The fourth-order valence-electron chi connectivity index (χ4n) is 2.83. The molecule has 26 heavy (non-hydrogen) atoms. The van der Waals surface area contributed by atoms with Gasteiger partial charge in [0.15, 0.2) is 5.96 Å². The highest BCUT2D eigenvalue weighted by atomic mass is 19.1. The van der Waals surface area contributed by atoms with Gasteiger partial charge in [-0.25, -0.2) is 9.38 Å². The quantitative estimate of drug-likeness (QED) is 0.641. The number of hydrogen-bond acceptors (Lipinski definition) is 3. The lowest BCUT2D eigenvalue weighted by Crippen LogP contribution is -2.42. The van der Waals surface area contributed by atoms with Gasteiger partial charge in [-0.05, 0) is 30.7 Å². The van der Waals surface area contributed by atoms with E-state index >= 15 is 0 Å². The van der Waals surface area contributed by atoms with Crippen LogP contribution in [0.3, 0.4) is 0 Å². The number of guanidine groups is 1. The molecule has 0 saturated heterocycles. The van der Waals surface area contributed by atoms with Crippen LogP contribution in [0.4, 0.5) is 4.39 Å². The molecule has 1 aliphatic rings. The minimum atomic E-state index is -0.418. The molecule has 2 N–H and O–H groups in total.